The average Bonchev–Trinajstić information content (AvgIpc) is 3.49. The topological polar surface area (TPSA) is 155 Å². The number of nitrogens with two attached hydrogens (primary N) is 1. The van der Waals surface area contributed by atoms with Gasteiger partial charge in [-0.3, -0.25) is 19.2 Å². The summed E-state index contributed by atoms with van der Waals surface area (Å²) in [6.07, 6.45) is -0.709. The summed E-state index contributed by atoms with van der Waals surface area (Å²) in [5, 5.41) is 15.9. The number of hydrogen-bond donors (Lipinski definition) is 4. The Morgan fingerprint density at radius 2 is 1.87 bits per heavy atom. The molecule has 10 nitrogen and oxygen atoms in total. The van der Waals surface area contributed by atoms with Crippen LogP contribution in [0.2, 0.25) is 0 Å². The summed E-state index contributed by atoms with van der Waals surface area (Å²) in [5.41, 5.74) is 9.38. The van der Waals surface area contributed by atoms with E-state index in [-0.39, 0.29) is 44.2 Å². The van der Waals surface area contributed by atoms with Gasteiger partial charge in [0, 0.05) is 33.0 Å². The molecule has 39 heavy (non-hydrogen) atoms. The molecule has 1 fully saturated rings. The minimum absolute atomic E-state index is 0.0112. The van der Waals surface area contributed by atoms with Crippen molar-refractivity contribution in [3.05, 3.63) is 41.0 Å². The van der Waals surface area contributed by atoms with Crippen LogP contribution in [-0.2, 0) is 25.7 Å². The number of amides is 4. The van der Waals surface area contributed by atoms with Crippen molar-refractivity contribution in [3.8, 4) is 10.4 Å². The zero-order chi connectivity index (χ0) is 28.9. The van der Waals surface area contributed by atoms with Crippen molar-refractivity contribution in [3.63, 3.8) is 0 Å². The molecule has 11 heteroatoms. The molecule has 0 saturated carbocycles. The highest BCUT2D eigenvalue weighted by Crippen LogP contribution is 2.38. The SMILES string of the molecule is CNC(=O)C(CCC(N)=O)[C@H](C(=O)N1C[C@H](O)C[C@H]1C(=O)NCc1ccc(-c2scnc2C)cc1)C(C)(C)C. The van der Waals surface area contributed by atoms with Crippen LogP contribution in [0.1, 0.15) is 51.3 Å². The Morgan fingerprint density at radius 1 is 1.21 bits per heavy atom. The van der Waals surface area contributed by atoms with Crippen molar-refractivity contribution in [2.45, 2.75) is 65.6 Å². The van der Waals surface area contributed by atoms with Crippen LogP contribution in [0.3, 0.4) is 0 Å². The van der Waals surface area contributed by atoms with Crippen LogP contribution in [0.15, 0.2) is 29.8 Å². The highest BCUT2D eigenvalue weighted by Gasteiger charge is 2.48. The van der Waals surface area contributed by atoms with Gasteiger partial charge in [-0.25, -0.2) is 4.98 Å². The molecule has 1 unspecified atom stereocenters. The Bertz CT molecular complexity index is 1190. The van der Waals surface area contributed by atoms with Crippen molar-refractivity contribution in [1.29, 1.82) is 0 Å². The van der Waals surface area contributed by atoms with Gasteiger partial charge in [0.25, 0.3) is 0 Å². The van der Waals surface area contributed by atoms with Gasteiger partial charge in [-0.05, 0) is 29.9 Å². The van der Waals surface area contributed by atoms with E-state index in [4.69, 9.17) is 5.73 Å². The molecule has 212 valence electrons. The van der Waals surface area contributed by atoms with Gasteiger partial charge in [-0.2, -0.15) is 0 Å². The van der Waals surface area contributed by atoms with Crippen molar-refractivity contribution in [2.24, 2.45) is 23.0 Å². The highest BCUT2D eigenvalue weighted by molar-refractivity contribution is 7.13. The summed E-state index contributed by atoms with van der Waals surface area (Å²) < 4.78 is 0. The predicted molar refractivity (Wildman–Crippen MR) is 149 cm³/mol. The highest BCUT2D eigenvalue weighted by atomic mass is 32.1. The van der Waals surface area contributed by atoms with Gasteiger partial charge < -0.3 is 26.4 Å². The maximum Gasteiger partial charge on any atom is 0.243 e. The second-order valence-corrected chi connectivity index (χ2v) is 12.0. The molecule has 1 aromatic heterocycles. The molecule has 1 saturated heterocycles. The van der Waals surface area contributed by atoms with Gasteiger partial charge in [0.15, 0.2) is 0 Å². The summed E-state index contributed by atoms with van der Waals surface area (Å²) in [6.45, 7) is 7.74. The first kappa shape index (κ1) is 30.2. The Hall–Kier alpha value is -3.31. The molecule has 1 aromatic carbocycles. The van der Waals surface area contributed by atoms with Crippen LogP contribution in [0, 0.1) is 24.2 Å². The minimum atomic E-state index is -0.877. The lowest BCUT2D eigenvalue weighted by Crippen LogP contribution is -2.53. The van der Waals surface area contributed by atoms with E-state index in [2.05, 4.69) is 15.6 Å². The van der Waals surface area contributed by atoms with Gasteiger partial charge in [0.2, 0.25) is 23.6 Å². The van der Waals surface area contributed by atoms with Crippen LogP contribution in [0.25, 0.3) is 10.4 Å². The van der Waals surface area contributed by atoms with E-state index in [1.807, 2.05) is 52.0 Å². The molecule has 3 rings (SSSR count). The maximum atomic E-state index is 13.9. The third kappa shape index (κ3) is 7.42. The standard InChI is InChI=1S/C28H39N5O5S/c1-16-24(39-15-32-16)18-8-6-17(7-9-18)13-31-26(37)21-12-19(34)14-33(21)27(38)23(28(2,3)4)20(25(36)30-5)10-11-22(29)35/h6-9,15,19-21,23,34H,10-14H2,1-5H3,(H2,29,35)(H,30,36)(H,31,37)/t19-,20?,21+,23-/m1/s1. The van der Waals surface area contributed by atoms with Gasteiger partial charge in [-0.15, -0.1) is 11.3 Å². The number of aliphatic hydroxyl groups excluding tert-OH is 1. The van der Waals surface area contributed by atoms with Crippen LogP contribution in [0.5, 0.6) is 0 Å². The second kappa shape index (κ2) is 12.7. The van der Waals surface area contributed by atoms with Gasteiger partial charge in [-0.1, -0.05) is 45.0 Å². The van der Waals surface area contributed by atoms with E-state index in [1.165, 1.54) is 11.9 Å². The van der Waals surface area contributed by atoms with E-state index in [0.717, 1.165) is 21.7 Å². The number of nitrogens with zero attached hydrogens (tertiary/aromatic N) is 2. The molecule has 0 bridgehead atoms. The Balaban J connectivity index is 1.76. The second-order valence-electron chi connectivity index (χ2n) is 11.1. The smallest absolute Gasteiger partial charge is 0.243 e. The van der Waals surface area contributed by atoms with E-state index >= 15 is 0 Å². The normalized spacial score (nSPS) is 18.9. The van der Waals surface area contributed by atoms with Crippen LogP contribution in [0.4, 0.5) is 0 Å². The number of β-amino-alcohol motifs (C(OH)–C–C–N with tert-alkyl or cyclic N) is 1. The molecular formula is C28H39N5O5S. The lowest BCUT2D eigenvalue weighted by Gasteiger charge is -2.38. The van der Waals surface area contributed by atoms with E-state index < -0.39 is 41.2 Å². The summed E-state index contributed by atoms with van der Waals surface area (Å²) >= 11 is 1.57. The summed E-state index contributed by atoms with van der Waals surface area (Å²) in [6, 6.07) is 6.96. The largest absolute Gasteiger partial charge is 0.391 e. The number of thiazole rings is 1. The van der Waals surface area contributed by atoms with Crippen LogP contribution < -0.4 is 16.4 Å². The van der Waals surface area contributed by atoms with Crippen molar-refractivity contribution in [2.75, 3.05) is 13.6 Å². The predicted octanol–water partition coefficient (Wildman–Crippen LogP) is 1.99. The lowest BCUT2D eigenvalue weighted by molar-refractivity contribution is -0.150. The Kier molecular flexibility index (Phi) is 9.84. The number of likely N-dealkylation sites (tertiary alicyclic amines) is 1. The number of nitrogens with one attached hydrogen (secondary N) is 2. The third-order valence-electron chi connectivity index (χ3n) is 7.18. The van der Waals surface area contributed by atoms with E-state index in [1.54, 1.807) is 16.8 Å². The third-order valence-corrected chi connectivity index (χ3v) is 8.16. The number of carbonyl (C=O) groups is 4. The number of rotatable bonds is 10. The fourth-order valence-electron chi connectivity index (χ4n) is 5.22. The number of primary amides is 1. The zero-order valence-electron chi connectivity index (χ0n) is 23.2. The molecular weight excluding hydrogens is 518 g/mol. The Morgan fingerprint density at radius 3 is 2.41 bits per heavy atom. The molecule has 1 aliphatic heterocycles. The average molecular weight is 558 g/mol. The number of aromatic nitrogens is 1. The van der Waals surface area contributed by atoms with Gasteiger partial charge in [0.05, 0.1) is 34.0 Å². The Labute approximate surface area is 233 Å². The molecule has 2 aromatic rings. The van der Waals surface area contributed by atoms with E-state index in [9.17, 15) is 24.3 Å². The summed E-state index contributed by atoms with van der Waals surface area (Å²) in [7, 11) is 1.48. The quantitative estimate of drug-likeness (QED) is 0.350. The first-order valence-electron chi connectivity index (χ1n) is 13.1. The first-order valence-corrected chi connectivity index (χ1v) is 14.0. The summed E-state index contributed by atoms with van der Waals surface area (Å²) in [4.78, 5) is 58.3. The molecule has 5 N–H and O–H groups in total. The van der Waals surface area contributed by atoms with Crippen LogP contribution in [-0.4, -0.2) is 64.4 Å². The number of carbonyl (C=O) groups excluding carboxylic acids is 4. The van der Waals surface area contributed by atoms with Crippen molar-refractivity contribution in [1.82, 2.24) is 20.5 Å². The van der Waals surface area contributed by atoms with E-state index in [0.29, 0.717) is 0 Å². The molecule has 0 radical (unpaired) electrons. The molecule has 1 aliphatic rings. The summed E-state index contributed by atoms with van der Waals surface area (Å²) in [5.74, 6) is -3.36. The minimum Gasteiger partial charge on any atom is -0.391 e. The van der Waals surface area contributed by atoms with Gasteiger partial charge in [0.1, 0.15) is 6.04 Å². The molecule has 2 heterocycles. The first-order chi connectivity index (χ1) is 18.3. The van der Waals surface area contributed by atoms with Gasteiger partial charge >= 0.3 is 0 Å². The monoisotopic (exact) mass is 557 g/mol. The van der Waals surface area contributed by atoms with Crippen molar-refractivity contribution >= 4 is 35.0 Å². The lowest BCUT2D eigenvalue weighted by atomic mass is 9.70. The number of benzene rings is 1. The molecule has 4 atom stereocenters. The van der Waals surface area contributed by atoms with Crippen LogP contribution >= 0.6 is 11.3 Å². The fourth-order valence-corrected chi connectivity index (χ4v) is 6.03. The maximum absolute atomic E-state index is 13.9. The number of aliphatic hydroxyl groups is 1. The molecule has 0 spiro atoms. The number of hydrogen-bond acceptors (Lipinski definition) is 7. The molecule has 0 aliphatic carbocycles. The molecule has 4 amide bonds. The van der Waals surface area contributed by atoms with Crippen molar-refractivity contribution < 1.29 is 24.3 Å². The fraction of sp³-hybridized carbons (Fsp3) is 0.536. The number of aryl methyl sites for hydroxylation is 1. The zero-order valence-corrected chi connectivity index (χ0v) is 24.0.